The van der Waals surface area contributed by atoms with E-state index in [1.54, 1.807) is 0 Å². The molecule has 0 aromatic rings. The maximum absolute atomic E-state index is 12.1. The van der Waals surface area contributed by atoms with Crippen LogP contribution in [0.1, 0.15) is 39.0 Å². The van der Waals surface area contributed by atoms with Gasteiger partial charge in [-0.3, -0.25) is 14.4 Å². The highest BCUT2D eigenvalue weighted by Crippen LogP contribution is 2.31. The van der Waals surface area contributed by atoms with Gasteiger partial charge in [0.05, 0.1) is 5.92 Å². The smallest absolute Gasteiger partial charge is 0.303 e. The predicted octanol–water partition coefficient (Wildman–Crippen LogP) is 0.862. The van der Waals surface area contributed by atoms with E-state index in [1.807, 2.05) is 11.8 Å². The number of amides is 2. The Kier molecular flexibility index (Phi) is 5.20. The minimum absolute atomic E-state index is 0.0798. The van der Waals surface area contributed by atoms with Gasteiger partial charge in [-0.25, -0.2) is 0 Å². The number of hydrogen-bond acceptors (Lipinski definition) is 3. The molecule has 1 saturated heterocycles. The van der Waals surface area contributed by atoms with Gasteiger partial charge in [-0.15, -0.1) is 0 Å². The summed E-state index contributed by atoms with van der Waals surface area (Å²) in [5.41, 5.74) is 0. The minimum atomic E-state index is -0.815. The molecular formula is C15H24N2O4. The number of carbonyl (C=O) groups excluding carboxylic acids is 2. The quantitative estimate of drug-likeness (QED) is 0.695. The first-order chi connectivity index (χ1) is 9.95. The average molecular weight is 296 g/mol. The molecule has 1 saturated carbocycles. The lowest BCUT2D eigenvalue weighted by Crippen LogP contribution is -2.35. The molecule has 2 amide bonds. The van der Waals surface area contributed by atoms with Gasteiger partial charge in [-0.1, -0.05) is 6.92 Å². The summed E-state index contributed by atoms with van der Waals surface area (Å²) in [7, 11) is 0. The first-order valence-electron chi connectivity index (χ1n) is 7.73. The SMILES string of the molecule is CC(CCC(=O)O)CNC(=O)C1CC(=O)N(CC2CC2)C1. The van der Waals surface area contributed by atoms with Gasteiger partial charge in [-0.05, 0) is 31.1 Å². The number of nitrogens with zero attached hydrogens (tertiary/aromatic N) is 1. The van der Waals surface area contributed by atoms with Crippen LogP contribution in [0.4, 0.5) is 0 Å². The zero-order valence-corrected chi connectivity index (χ0v) is 12.5. The summed E-state index contributed by atoms with van der Waals surface area (Å²) in [5.74, 6) is -0.283. The highest BCUT2D eigenvalue weighted by atomic mass is 16.4. The second-order valence-corrected chi connectivity index (χ2v) is 6.43. The summed E-state index contributed by atoms with van der Waals surface area (Å²) in [6, 6.07) is 0. The molecule has 21 heavy (non-hydrogen) atoms. The van der Waals surface area contributed by atoms with Gasteiger partial charge in [0.2, 0.25) is 11.8 Å². The fourth-order valence-electron chi connectivity index (χ4n) is 2.63. The molecule has 0 aromatic heterocycles. The zero-order valence-electron chi connectivity index (χ0n) is 12.5. The molecule has 6 heteroatoms. The van der Waals surface area contributed by atoms with Crippen LogP contribution in [0.5, 0.6) is 0 Å². The van der Waals surface area contributed by atoms with Crippen LogP contribution in [0.3, 0.4) is 0 Å². The van der Waals surface area contributed by atoms with Crippen molar-refractivity contribution in [1.82, 2.24) is 10.2 Å². The lowest BCUT2D eigenvalue weighted by atomic mass is 10.0. The highest BCUT2D eigenvalue weighted by Gasteiger charge is 2.36. The lowest BCUT2D eigenvalue weighted by molar-refractivity contribution is -0.137. The van der Waals surface area contributed by atoms with Crippen LogP contribution in [-0.2, 0) is 14.4 Å². The van der Waals surface area contributed by atoms with Gasteiger partial charge in [0.25, 0.3) is 0 Å². The second kappa shape index (κ2) is 6.91. The lowest BCUT2D eigenvalue weighted by Gasteiger charge is -2.17. The molecule has 2 unspecified atom stereocenters. The Morgan fingerprint density at radius 3 is 2.76 bits per heavy atom. The molecule has 0 radical (unpaired) electrons. The Hall–Kier alpha value is -1.59. The van der Waals surface area contributed by atoms with Crippen LogP contribution in [0.2, 0.25) is 0 Å². The fourth-order valence-corrected chi connectivity index (χ4v) is 2.63. The normalized spacial score (nSPS) is 23.2. The Labute approximate surface area is 124 Å². The van der Waals surface area contributed by atoms with Crippen molar-refractivity contribution < 1.29 is 19.5 Å². The van der Waals surface area contributed by atoms with Crippen LogP contribution in [0, 0.1) is 17.8 Å². The summed E-state index contributed by atoms with van der Waals surface area (Å²) >= 11 is 0. The van der Waals surface area contributed by atoms with Gasteiger partial charge in [0.1, 0.15) is 0 Å². The number of nitrogens with one attached hydrogen (secondary N) is 1. The number of aliphatic carboxylic acids is 1. The van der Waals surface area contributed by atoms with E-state index in [2.05, 4.69) is 5.32 Å². The molecule has 0 aromatic carbocycles. The molecule has 6 nitrogen and oxygen atoms in total. The van der Waals surface area contributed by atoms with E-state index >= 15 is 0 Å². The summed E-state index contributed by atoms with van der Waals surface area (Å²) in [4.78, 5) is 36.2. The number of carbonyl (C=O) groups is 3. The van der Waals surface area contributed by atoms with Crippen LogP contribution >= 0.6 is 0 Å². The van der Waals surface area contributed by atoms with Gasteiger partial charge in [0, 0.05) is 32.5 Å². The molecule has 1 heterocycles. The Morgan fingerprint density at radius 2 is 2.14 bits per heavy atom. The van der Waals surface area contributed by atoms with Crippen molar-refractivity contribution in [3.05, 3.63) is 0 Å². The molecule has 0 spiro atoms. The van der Waals surface area contributed by atoms with Crippen molar-refractivity contribution in [3.8, 4) is 0 Å². The molecule has 2 atom stereocenters. The minimum Gasteiger partial charge on any atom is -0.481 e. The third-order valence-electron chi connectivity index (χ3n) is 4.24. The molecular weight excluding hydrogens is 272 g/mol. The molecule has 2 rings (SSSR count). The standard InChI is InChI=1S/C15H24N2O4/c1-10(2-5-14(19)20)7-16-15(21)12-6-13(18)17(9-12)8-11-3-4-11/h10-12H,2-9H2,1H3,(H,16,21)(H,19,20). The fraction of sp³-hybridized carbons (Fsp3) is 0.800. The zero-order chi connectivity index (χ0) is 15.4. The molecule has 2 fully saturated rings. The summed E-state index contributed by atoms with van der Waals surface area (Å²) in [6.45, 7) is 3.73. The first kappa shape index (κ1) is 15.8. The van der Waals surface area contributed by atoms with Crippen molar-refractivity contribution in [2.75, 3.05) is 19.6 Å². The van der Waals surface area contributed by atoms with Crippen molar-refractivity contribution in [3.63, 3.8) is 0 Å². The maximum Gasteiger partial charge on any atom is 0.303 e. The number of likely N-dealkylation sites (tertiary alicyclic amines) is 1. The summed E-state index contributed by atoms with van der Waals surface area (Å²) in [5, 5.41) is 11.5. The molecule has 2 N–H and O–H groups in total. The van der Waals surface area contributed by atoms with E-state index in [1.165, 1.54) is 12.8 Å². The molecule has 1 aliphatic heterocycles. The van der Waals surface area contributed by atoms with E-state index in [-0.39, 0.29) is 30.1 Å². The molecule has 1 aliphatic carbocycles. The number of rotatable bonds is 8. The van der Waals surface area contributed by atoms with Crippen LogP contribution in [0.15, 0.2) is 0 Å². The first-order valence-corrected chi connectivity index (χ1v) is 7.73. The average Bonchev–Trinajstić information content (AvgIpc) is 3.17. The Balaban J connectivity index is 1.68. The number of carboxylic acid groups (broad SMARTS) is 1. The van der Waals surface area contributed by atoms with E-state index in [4.69, 9.17) is 5.11 Å². The number of hydrogen-bond donors (Lipinski definition) is 2. The van der Waals surface area contributed by atoms with Gasteiger partial charge >= 0.3 is 5.97 Å². The van der Waals surface area contributed by atoms with Crippen molar-refractivity contribution in [2.24, 2.45) is 17.8 Å². The van der Waals surface area contributed by atoms with Crippen LogP contribution < -0.4 is 5.32 Å². The van der Waals surface area contributed by atoms with Gasteiger partial charge in [0.15, 0.2) is 0 Å². The van der Waals surface area contributed by atoms with Gasteiger partial charge in [-0.2, -0.15) is 0 Å². The van der Waals surface area contributed by atoms with E-state index in [0.29, 0.717) is 31.8 Å². The van der Waals surface area contributed by atoms with Gasteiger partial charge < -0.3 is 15.3 Å². The van der Waals surface area contributed by atoms with E-state index < -0.39 is 5.97 Å². The van der Waals surface area contributed by atoms with Crippen molar-refractivity contribution in [1.29, 1.82) is 0 Å². The van der Waals surface area contributed by atoms with E-state index in [9.17, 15) is 14.4 Å². The Morgan fingerprint density at radius 1 is 1.43 bits per heavy atom. The molecule has 118 valence electrons. The van der Waals surface area contributed by atoms with Crippen LogP contribution in [-0.4, -0.2) is 47.4 Å². The largest absolute Gasteiger partial charge is 0.481 e. The Bertz CT molecular complexity index is 420. The molecule has 0 bridgehead atoms. The van der Waals surface area contributed by atoms with Crippen molar-refractivity contribution in [2.45, 2.75) is 39.0 Å². The summed E-state index contributed by atoms with van der Waals surface area (Å²) in [6.07, 6.45) is 3.37. The number of carboxylic acids is 1. The third kappa shape index (κ3) is 5.02. The van der Waals surface area contributed by atoms with E-state index in [0.717, 1.165) is 6.54 Å². The third-order valence-corrected chi connectivity index (χ3v) is 4.24. The monoisotopic (exact) mass is 296 g/mol. The highest BCUT2D eigenvalue weighted by molar-refractivity contribution is 5.89. The topological polar surface area (TPSA) is 86.7 Å². The summed E-state index contributed by atoms with van der Waals surface area (Å²) < 4.78 is 0. The second-order valence-electron chi connectivity index (χ2n) is 6.43. The maximum atomic E-state index is 12.1. The van der Waals surface area contributed by atoms with Crippen LogP contribution in [0.25, 0.3) is 0 Å². The molecule has 2 aliphatic rings. The van der Waals surface area contributed by atoms with Crippen molar-refractivity contribution >= 4 is 17.8 Å². The predicted molar refractivity (Wildman–Crippen MR) is 76.5 cm³/mol.